The van der Waals surface area contributed by atoms with Gasteiger partial charge in [0.1, 0.15) is 5.76 Å². The SMILES string of the molecule is c1ccc(NCCCc2ccco2)cc1. The quantitative estimate of drug-likeness (QED) is 0.751. The van der Waals surface area contributed by atoms with Gasteiger partial charge in [-0.05, 0) is 30.7 Å². The Kier molecular flexibility index (Phi) is 3.44. The molecule has 0 aliphatic carbocycles. The summed E-state index contributed by atoms with van der Waals surface area (Å²) in [7, 11) is 0. The molecular formula is C13H15NO. The van der Waals surface area contributed by atoms with Crippen LogP contribution in [0.1, 0.15) is 12.2 Å². The van der Waals surface area contributed by atoms with Gasteiger partial charge in [0.2, 0.25) is 0 Å². The van der Waals surface area contributed by atoms with Crippen molar-refractivity contribution in [3.8, 4) is 0 Å². The van der Waals surface area contributed by atoms with Gasteiger partial charge in [0.05, 0.1) is 6.26 Å². The maximum atomic E-state index is 5.26. The lowest BCUT2D eigenvalue weighted by atomic mass is 10.2. The van der Waals surface area contributed by atoms with Gasteiger partial charge >= 0.3 is 0 Å². The molecule has 2 heteroatoms. The van der Waals surface area contributed by atoms with Crippen molar-refractivity contribution in [1.29, 1.82) is 0 Å². The van der Waals surface area contributed by atoms with E-state index in [1.54, 1.807) is 6.26 Å². The highest BCUT2D eigenvalue weighted by Crippen LogP contribution is 2.07. The van der Waals surface area contributed by atoms with Crippen LogP contribution in [0.5, 0.6) is 0 Å². The molecule has 0 saturated carbocycles. The molecule has 15 heavy (non-hydrogen) atoms. The first-order chi connectivity index (χ1) is 7.45. The van der Waals surface area contributed by atoms with Crippen molar-refractivity contribution in [3.05, 3.63) is 54.5 Å². The molecule has 0 spiro atoms. The Morgan fingerprint density at radius 2 is 1.87 bits per heavy atom. The normalized spacial score (nSPS) is 10.1. The van der Waals surface area contributed by atoms with Crippen LogP contribution in [0.25, 0.3) is 0 Å². The van der Waals surface area contributed by atoms with Gasteiger partial charge in [0, 0.05) is 18.7 Å². The molecule has 0 saturated heterocycles. The van der Waals surface area contributed by atoms with Crippen LogP contribution in [0.15, 0.2) is 53.1 Å². The Hall–Kier alpha value is -1.70. The van der Waals surface area contributed by atoms with Crippen molar-refractivity contribution < 1.29 is 4.42 Å². The van der Waals surface area contributed by atoms with Crippen molar-refractivity contribution in [1.82, 2.24) is 0 Å². The fourth-order valence-corrected chi connectivity index (χ4v) is 1.51. The topological polar surface area (TPSA) is 25.2 Å². The lowest BCUT2D eigenvalue weighted by Crippen LogP contribution is -2.02. The lowest BCUT2D eigenvalue weighted by molar-refractivity contribution is 0.504. The molecule has 2 aromatic rings. The third-order valence-corrected chi connectivity index (χ3v) is 2.28. The summed E-state index contributed by atoms with van der Waals surface area (Å²) >= 11 is 0. The minimum atomic E-state index is 0.977. The molecule has 1 aromatic heterocycles. The number of aryl methyl sites for hydroxylation is 1. The molecule has 1 heterocycles. The zero-order valence-electron chi connectivity index (χ0n) is 8.65. The van der Waals surface area contributed by atoms with Gasteiger partial charge in [-0.2, -0.15) is 0 Å². The number of benzene rings is 1. The second-order valence-electron chi connectivity index (χ2n) is 3.48. The monoisotopic (exact) mass is 201 g/mol. The van der Waals surface area contributed by atoms with Crippen LogP contribution in [0.4, 0.5) is 5.69 Å². The fraction of sp³-hybridized carbons (Fsp3) is 0.231. The maximum Gasteiger partial charge on any atom is 0.103 e. The molecule has 2 nitrogen and oxygen atoms in total. The molecule has 2 rings (SSSR count). The minimum absolute atomic E-state index is 0.977. The van der Waals surface area contributed by atoms with E-state index in [0.717, 1.165) is 25.1 Å². The van der Waals surface area contributed by atoms with Crippen molar-refractivity contribution in [2.45, 2.75) is 12.8 Å². The number of nitrogens with one attached hydrogen (secondary N) is 1. The minimum Gasteiger partial charge on any atom is -0.469 e. The predicted octanol–water partition coefficient (Wildman–Crippen LogP) is 3.32. The van der Waals surface area contributed by atoms with Gasteiger partial charge in [-0.3, -0.25) is 0 Å². The number of furan rings is 1. The fourth-order valence-electron chi connectivity index (χ4n) is 1.51. The molecule has 0 fully saturated rings. The second kappa shape index (κ2) is 5.25. The summed E-state index contributed by atoms with van der Waals surface area (Å²) in [5.41, 5.74) is 1.18. The summed E-state index contributed by atoms with van der Waals surface area (Å²) in [6.07, 6.45) is 3.80. The van der Waals surface area contributed by atoms with E-state index in [0.29, 0.717) is 0 Å². The number of para-hydroxylation sites is 1. The van der Waals surface area contributed by atoms with Gasteiger partial charge in [-0.1, -0.05) is 18.2 Å². The van der Waals surface area contributed by atoms with Crippen LogP contribution in [0.3, 0.4) is 0 Å². The Morgan fingerprint density at radius 3 is 2.60 bits per heavy atom. The molecule has 0 aliphatic heterocycles. The number of anilines is 1. The summed E-state index contributed by atoms with van der Waals surface area (Å²) < 4.78 is 5.26. The van der Waals surface area contributed by atoms with Gasteiger partial charge < -0.3 is 9.73 Å². The molecule has 0 bridgehead atoms. The second-order valence-corrected chi connectivity index (χ2v) is 3.48. The highest BCUT2D eigenvalue weighted by Gasteiger charge is 1.95. The van der Waals surface area contributed by atoms with Gasteiger partial charge in [-0.25, -0.2) is 0 Å². The predicted molar refractivity (Wildman–Crippen MR) is 62.0 cm³/mol. The third-order valence-electron chi connectivity index (χ3n) is 2.28. The van der Waals surface area contributed by atoms with E-state index >= 15 is 0 Å². The smallest absolute Gasteiger partial charge is 0.103 e. The average molecular weight is 201 g/mol. The van der Waals surface area contributed by atoms with Crippen LogP contribution < -0.4 is 5.32 Å². The van der Waals surface area contributed by atoms with Crippen LogP contribution in [0.2, 0.25) is 0 Å². The molecule has 0 atom stereocenters. The molecule has 0 radical (unpaired) electrons. The van der Waals surface area contributed by atoms with E-state index < -0.39 is 0 Å². The van der Waals surface area contributed by atoms with Crippen LogP contribution in [-0.2, 0) is 6.42 Å². The molecule has 1 N–H and O–H groups in total. The van der Waals surface area contributed by atoms with Crippen molar-refractivity contribution in [2.24, 2.45) is 0 Å². The summed E-state index contributed by atoms with van der Waals surface area (Å²) in [5.74, 6) is 1.06. The van der Waals surface area contributed by atoms with E-state index in [1.165, 1.54) is 5.69 Å². The molecule has 0 amide bonds. The van der Waals surface area contributed by atoms with E-state index in [4.69, 9.17) is 4.42 Å². The van der Waals surface area contributed by atoms with Gasteiger partial charge in [0.15, 0.2) is 0 Å². The highest BCUT2D eigenvalue weighted by atomic mass is 16.3. The zero-order valence-corrected chi connectivity index (χ0v) is 8.65. The molecule has 0 aliphatic rings. The molecule has 1 aromatic carbocycles. The van der Waals surface area contributed by atoms with Crippen LogP contribution in [-0.4, -0.2) is 6.54 Å². The highest BCUT2D eigenvalue weighted by molar-refractivity contribution is 5.42. The summed E-state index contributed by atoms with van der Waals surface area (Å²) in [4.78, 5) is 0. The summed E-state index contributed by atoms with van der Waals surface area (Å²) in [5, 5.41) is 3.37. The standard InChI is InChI=1S/C13H15NO/c1-2-6-12(7-3-1)14-10-4-8-13-9-5-11-15-13/h1-3,5-7,9,11,14H,4,8,10H2. The van der Waals surface area contributed by atoms with Crippen molar-refractivity contribution >= 4 is 5.69 Å². The number of rotatable bonds is 5. The number of hydrogen-bond donors (Lipinski definition) is 1. The Morgan fingerprint density at radius 1 is 1.00 bits per heavy atom. The van der Waals surface area contributed by atoms with E-state index in [1.807, 2.05) is 30.3 Å². The zero-order chi connectivity index (χ0) is 10.3. The molecule has 78 valence electrons. The Bertz CT molecular complexity index is 367. The van der Waals surface area contributed by atoms with E-state index in [-0.39, 0.29) is 0 Å². The van der Waals surface area contributed by atoms with Gasteiger partial charge in [0.25, 0.3) is 0 Å². The van der Waals surface area contributed by atoms with Gasteiger partial charge in [-0.15, -0.1) is 0 Å². The average Bonchev–Trinajstić information content (AvgIpc) is 2.79. The number of hydrogen-bond acceptors (Lipinski definition) is 2. The Labute approximate surface area is 89.9 Å². The van der Waals surface area contributed by atoms with E-state index in [2.05, 4.69) is 17.4 Å². The first kappa shape index (κ1) is 9.84. The first-order valence-electron chi connectivity index (χ1n) is 5.26. The maximum absolute atomic E-state index is 5.26. The molecular weight excluding hydrogens is 186 g/mol. The van der Waals surface area contributed by atoms with Crippen molar-refractivity contribution in [2.75, 3.05) is 11.9 Å². The molecule has 0 unspecified atom stereocenters. The van der Waals surface area contributed by atoms with Crippen LogP contribution in [0, 0.1) is 0 Å². The van der Waals surface area contributed by atoms with Crippen molar-refractivity contribution in [3.63, 3.8) is 0 Å². The lowest BCUT2D eigenvalue weighted by Gasteiger charge is -2.04. The first-order valence-corrected chi connectivity index (χ1v) is 5.26. The van der Waals surface area contributed by atoms with Crippen LogP contribution >= 0.6 is 0 Å². The summed E-state index contributed by atoms with van der Waals surface area (Å²) in [6, 6.07) is 14.2. The third kappa shape index (κ3) is 3.17. The van der Waals surface area contributed by atoms with E-state index in [9.17, 15) is 0 Å². The summed E-state index contributed by atoms with van der Waals surface area (Å²) in [6.45, 7) is 0.977. The Balaban J connectivity index is 1.68. The largest absolute Gasteiger partial charge is 0.469 e.